The van der Waals surface area contributed by atoms with Gasteiger partial charge in [0, 0.05) is 24.1 Å². The molecule has 1 aliphatic carbocycles. The summed E-state index contributed by atoms with van der Waals surface area (Å²) < 4.78 is 77.4. The Morgan fingerprint density at radius 1 is 1.00 bits per heavy atom. The molecule has 250 valence electrons. The molecule has 0 spiro atoms. The first-order valence-electron chi connectivity index (χ1n) is 15.2. The van der Waals surface area contributed by atoms with E-state index in [0.717, 1.165) is 24.7 Å². The number of amides is 1. The van der Waals surface area contributed by atoms with Crippen LogP contribution in [0.5, 0.6) is 0 Å². The number of furan rings is 1. The molecule has 0 saturated heterocycles. The van der Waals surface area contributed by atoms with Gasteiger partial charge in [-0.3, -0.25) is 9.10 Å². The van der Waals surface area contributed by atoms with Gasteiger partial charge < -0.3 is 23.9 Å². The van der Waals surface area contributed by atoms with E-state index in [4.69, 9.17) is 18.6 Å². The van der Waals surface area contributed by atoms with E-state index < -0.39 is 27.6 Å². The average Bonchev–Trinajstić information content (AvgIpc) is 3.82. The van der Waals surface area contributed by atoms with E-state index in [9.17, 15) is 26.8 Å². The first-order chi connectivity index (χ1) is 22.5. The molecule has 1 aliphatic rings. The minimum absolute atomic E-state index is 0.0127. The van der Waals surface area contributed by atoms with Gasteiger partial charge in [0.1, 0.15) is 23.0 Å². The van der Waals surface area contributed by atoms with E-state index in [1.807, 2.05) is 6.07 Å². The lowest BCUT2D eigenvalue weighted by Crippen LogP contribution is -2.34. The number of anilines is 1. The zero-order chi connectivity index (χ0) is 33.7. The molecule has 1 amide bonds. The third-order valence-electron chi connectivity index (χ3n) is 7.69. The van der Waals surface area contributed by atoms with Crippen LogP contribution in [0, 0.1) is 11.6 Å². The summed E-state index contributed by atoms with van der Waals surface area (Å²) in [7, 11) is -2.25. The van der Waals surface area contributed by atoms with Crippen molar-refractivity contribution < 1.29 is 45.4 Å². The highest BCUT2D eigenvalue weighted by molar-refractivity contribution is 7.92. The van der Waals surface area contributed by atoms with Crippen LogP contribution in [0.15, 0.2) is 59.0 Å². The van der Waals surface area contributed by atoms with Crippen LogP contribution in [-0.2, 0) is 30.8 Å². The molecule has 3 aromatic carbocycles. The maximum atomic E-state index is 14.0. The Hall–Kier alpha value is -4.33. The Kier molecular flexibility index (Phi) is 10.6. The van der Waals surface area contributed by atoms with Crippen molar-refractivity contribution in [3.8, 4) is 11.3 Å². The van der Waals surface area contributed by atoms with Gasteiger partial charge in [-0.05, 0) is 79.3 Å². The molecule has 0 bridgehead atoms. The zero-order valence-electron chi connectivity index (χ0n) is 26.3. The Balaban J connectivity index is 1.30. The molecule has 47 heavy (non-hydrogen) atoms. The second-order valence-corrected chi connectivity index (χ2v) is 13.0. The van der Waals surface area contributed by atoms with Crippen LogP contribution in [-0.4, -0.2) is 66.6 Å². The van der Waals surface area contributed by atoms with Crippen LogP contribution in [0.25, 0.3) is 22.3 Å². The standard InChI is InChI=1S/C34H36F2N2O8S/c1-4-45-34(40)26-17-21(5-12-28(26)36)20-44-16-15-43-14-13-38(47(3,41)42)29-19-30-27(18-25(29)22-6-7-22)31(33(39)37-2)32(46-30)23-8-10-24(35)11-9-23/h5,8-12,17-19,22H,4,6-7,13-16,20H2,1-3H3,(H,37,39). The molecule has 13 heteroatoms. The highest BCUT2D eigenvalue weighted by Crippen LogP contribution is 2.48. The number of hydrogen-bond donors (Lipinski definition) is 1. The SMILES string of the molecule is CCOC(=O)c1cc(COCCOCCN(c2cc3oc(-c4ccc(F)cc4)c(C(=O)NC)c3cc2C2CC2)S(C)(=O)=O)ccc1F. The van der Waals surface area contributed by atoms with Crippen molar-refractivity contribution in [1.29, 1.82) is 0 Å². The Bertz CT molecular complexity index is 1870. The predicted molar refractivity (Wildman–Crippen MR) is 172 cm³/mol. The number of rotatable bonds is 15. The van der Waals surface area contributed by atoms with E-state index in [1.165, 1.54) is 53.8 Å². The van der Waals surface area contributed by atoms with Gasteiger partial charge in [-0.1, -0.05) is 6.07 Å². The first-order valence-corrected chi connectivity index (χ1v) is 17.0. The number of hydrogen-bond acceptors (Lipinski definition) is 8. The maximum Gasteiger partial charge on any atom is 0.341 e. The summed E-state index contributed by atoms with van der Waals surface area (Å²) in [6.45, 7) is 2.28. The third-order valence-corrected chi connectivity index (χ3v) is 8.87. The van der Waals surface area contributed by atoms with E-state index in [2.05, 4.69) is 5.32 Å². The number of nitrogens with zero attached hydrogens (tertiary/aromatic N) is 1. The topological polar surface area (TPSA) is 124 Å². The van der Waals surface area contributed by atoms with Crippen LogP contribution in [0.4, 0.5) is 14.5 Å². The molecule has 4 aromatic rings. The number of ether oxygens (including phenoxy) is 3. The van der Waals surface area contributed by atoms with Crippen molar-refractivity contribution in [3.63, 3.8) is 0 Å². The van der Waals surface area contributed by atoms with Gasteiger partial charge >= 0.3 is 5.97 Å². The maximum absolute atomic E-state index is 14.0. The van der Waals surface area contributed by atoms with Crippen molar-refractivity contribution in [2.75, 3.05) is 50.6 Å². The van der Waals surface area contributed by atoms with Crippen LogP contribution in [0.2, 0.25) is 0 Å². The summed E-state index contributed by atoms with van der Waals surface area (Å²) in [6, 6.07) is 13.1. The fourth-order valence-corrected chi connectivity index (χ4v) is 6.21. The second kappa shape index (κ2) is 14.6. The summed E-state index contributed by atoms with van der Waals surface area (Å²) in [4.78, 5) is 25.0. The van der Waals surface area contributed by atoms with Crippen LogP contribution in [0.1, 0.15) is 57.5 Å². The number of halogens is 2. The van der Waals surface area contributed by atoms with Gasteiger partial charge in [-0.15, -0.1) is 0 Å². The van der Waals surface area contributed by atoms with Crippen molar-refractivity contribution in [3.05, 3.63) is 88.5 Å². The van der Waals surface area contributed by atoms with Crippen molar-refractivity contribution in [2.24, 2.45) is 0 Å². The smallest absolute Gasteiger partial charge is 0.341 e. The molecule has 0 atom stereocenters. The number of fused-ring (bicyclic) bond motifs is 1. The molecular weight excluding hydrogens is 634 g/mol. The average molecular weight is 671 g/mol. The fraction of sp³-hybridized carbons (Fsp3) is 0.353. The van der Waals surface area contributed by atoms with E-state index in [-0.39, 0.29) is 68.3 Å². The number of benzene rings is 3. The Morgan fingerprint density at radius 3 is 2.38 bits per heavy atom. The Labute approximate surface area is 271 Å². The largest absolute Gasteiger partial charge is 0.462 e. The van der Waals surface area contributed by atoms with E-state index in [1.54, 1.807) is 13.0 Å². The number of sulfonamides is 1. The fourth-order valence-electron chi connectivity index (χ4n) is 5.29. The van der Waals surface area contributed by atoms with Crippen LogP contribution < -0.4 is 9.62 Å². The highest BCUT2D eigenvalue weighted by Gasteiger charge is 2.33. The number of carbonyl (C=O) groups is 2. The summed E-state index contributed by atoms with van der Waals surface area (Å²) in [5, 5.41) is 3.17. The molecule has 1 saturated carbocycles. The Morgan fingerprint density at radius 2 is 1.72 bits per heavy atom. The molecule has 1 N–H and O–H groups in total. The van der Waals surface area contributed by atoms with Gasteiger partial charge in [0.25, 0.3) is 5.91 Å². The molecule has 5 rings (SSSR count). The molecule has 1 heterocycles. The van der Waals surface area contributed by atoms with Crippen LogP contribution in [0.3, 0.4) is 0 Å². The highest BCUT2D eigenvalue weighted by atomic mass is 32.2. The number of esters is 1. The van der Waals surface area contributed by atoms with E-state index in [0.29, 0.717) is 27.8 Å². The van der Waals surface area contributed by atoms with Crippen molar-refractivity contribution in [2.45, 2.75) is 32.3 Å². The third kappa shape index (κ3) is 7.98. The van der Waals surface area contributed by atoms with Crippen molar-refractivity contribution in [1.82, 2.24) is 5.32 Å². The van der Waals surface area contributed by atoms with E-state index >= 15 is 0 Å². The van der Waals surface area contributed by atoms with Gasteiger partial charge in [-0.2, -0.15) is 0 Å². The lowest BCUT2D eigenvalue weighted by Gasteiger charge is -2.25. The van der Waals surface area contributed by atoms with Gasteiger partial charge in [0.05, 0.1) is 62.6 Å². The predicted octanol–water partition coefficient (Wildman–Crippen LogP) is 5.79. The zero-order valence-corrected chi connectivity index (χ0v) is 27.1. The molecule has 1 aromatic heterocycles. The quantitative estimate of drug-likeness (QED) is 0.125. The normalized spacial score (nSPS) is 13.1. The summed E-state index contributed by atoms with van der Waals surface area (Å²) >= 11 is 0. The van der Waals surface area contributed by atoms with Crippen LogP contribution >= 0.6 is 0 Å². The monoisotopic (exact) mass is 670 g/mol. The molecule has 0 aliphatic heterocycles. The van der Waals surface area contributed by atoms with Gasteiger partial charge in [0.15, 0.2) is 0 Å². The summed E-state index contributed by atoms with van der Waals surface area (Å²) in [5.74, 6) is -1.87. The first kappa shape index (κ1) is 34.0. The molecule has 0 unspecified atom stereocenters. The molecule has 1 fully saturated rings. The minimum atomic E-state index is -3.76. The molecule has 10 nitrogen and oxygen atoms in total. The second-order valence-electron chi connectivity index (χ2n) is 11.1. The van der Waals surface area contributed by atoms with Crippen molar-refractivity contribution >= 4 is 38.6 Å². The summed E-state index contributed by atoms with van der Waals surface area (Å²) in [5.41, 5.74) is 2.75. The molecule has 0 radical (unpaired) electrons. The lowest BCUT2D eigenvalue weighted by molar-refractivity contribution is 0.0433. The molecular formula is C34H36F2N2O8S. The number of nitrogens with one attached hydrogen (secondary N) is 1. The van der Waals surface area contributed by atoms with Gasteiger partial charge in [0.2, 0.25) is 10.0 Å². The number of carbonyl (C=O) groups excluding carboxylic acids is 2. The summed E-state index contributed by atoms with van der Waals surface area (Å²) in [6.07, 6.45) is 2.86. The lowest BCUT2D eigenvalue weighted by atomic mass is 10.0. The van der Waals surface area contributed by atoms with Gasteiger partial charge in [-0.25, -0.2) is 22.0 Å². The minimum Gasteiger partial charge on any atom is -0.462 e.